The van der Waals surface area contributed by atoms with E-state index in [1.807, 2.05) is 0 Å². The van der Waals surface area contributed by atoms with E-state index in [0.717, 1.165) is 11.6 Å². The number of nitro groups is 1. The standard InChI is InChI=1S/C17H17ClN2O5/c1-10(13-7-5-12(24-2)9-16(13)25-3)19-17(21)14-6-4-11(20(22)23)8-15(14)18/h4-10H,1-3H3,(H,19,21). The summed E-state index contributed by atoms with van der Waals surface area (Å²) in [6, 6.07) is 8.61. The molecule has 0 heterocycles. The summed E-state index contributed by atoms with van der Waals surface area (Å²) in [6.07, 6.45) is 0. The van der Waals surface area contributed by atoms with Gasteiger partial charge in [0.15, 0.2) is 0 Å². The quantitative estimate of drug-likeness (QED) is 0.622. The normalized spacial score (nSPS) is 11.5. The molecule has 0 aliphatic carbocycles. The highest BCUT2D eigenvalue weighted by Gasteiger charge is 2.19. The molecule has 0 fully saturated rings. The van der Waals surface area contributed by atoms with Crippen LogP contribution in [0.3, 0.4) is 0 Å². The van der Waals surface area contributed by atoms with Crippen LogP contribution in [0.15, 0.2) is 36.4 Å². The maximum Gasteiger partial charge on any atom is 0.270 e. The van der Waals surface area contributed by atoms with Gasteiger partial charge in [-0.3, -0.25) is 14.9 Å². The second-order valence-electron chi connectivity index (χ2n) is 5.22. The Morgan fingerprint density at radius 3 is 2.48 bits per heavy atom. The average Bonchev–Trinajstić information content (AvgIpc) is 2.60. The Morgan fingerprint density at radius 1 is 1.20 bits per heavy atom. The van der Waals surface area contributed by atoms with Gasteiger partial charge in [0.2, 0.25) is 0 Å². The Morgan fingerprint density at radius 2 is 1.92 bits per heavy atom. The molecule has 0 aliphatic rings. The van der Waals surface area contributed by atoms with E-state index in [0.29, 0.717) is 11.5 Å². The van der Waals surface area contributed by atoms with Crippen LogP contribution in [0.2, 0.25) is 5.02 Å². The van der Waals surface area contributed by atoms with Crippen molar-refractivity contribution in [2.24, 2.45) is 0 Å². The first-order valence-electron chi connectivity index (χ1n) is 7.34. The molecule has 0 aliphatic heterocycles. The fourth-order valence-corrected chi connectivity index (χ4v) is 2.59. The molecule has 1 unspecified atom stereocenters. The van der Waals surface area contributed by atoms with E-state index >= 15 is 0 Å². The number of hydrogen-bond acceptors (Lipinski definition) is 5. The van der Waals surface area contributed by atoms with Crippen LogP contribution >= 0.6 is 11.6 Å². The number of nitrogens with zero attached hydrogens (tertiary/aromatic N) is 1. The molecule has 1 N–H and O–H groups in total. The van der Waals surface area contributed by atoms with Crippen LogP contribution in [-0.4, -0.2) is 25.1 Å². The first-order chi connectivity index (χ1) is 11.9. The summed E-state index contributed by atoms with van der Waals surface area (Å²) >= 11 is 5.99. The number of halogens is 1. The molecule has 25 heavy (non-hydrogen) atoms. The highest BCUT2D eigenvalue weighted by molar-refractivity contribution is 6.34. The Bertz CT molecular complexity index is 810. The molecular formula is C17H17ClN2O5. The largest absolute Gasteiger partial charge is 0.497 e. The summed E-state index contributed by atoms with van der Waals surface area (Å²) in [5, 5.41) is 13.6. The lowest BCUT2D eigenvalue weighted by molar-refractivity contribution is -0.384. The summed E-state index contributed by atoms with van der Waals surface area (Å²) in [5.74, 6) is 0.768. The second-order valence-corrected chi connectivity index (χ2v) is 5.63. The van der Waals surface area contributed by atoms with Gasteiger partial charge in [0.05, 0.1) is 35.8 Å². The first-order valence-corrected chi connectivity index (χ1v) is 7.72. The van der Waals surface area contributed by atoms with Gasteiger partial charge in [0, 0.05) is 23.8 Å². The number of nitrogens with one attached hydrogen (secondary N) is 1. The fraction of sp³-hybridized carbons (Fsp3) is 0.235. The van der Waals surface area contributed by atoms with Crippen molar-refractivity contribution in [3.05, 3.63) is 62.7 Å². The number of amides is 1. The Labute approximate surface area is 149 Å². The van der Waals surface area contributed by atoms with E-state index < -0.39 is 10.8 Å². The van der Waals surface area contributed by atoms with Crippen molar-refractivity contribution in [1.82, 2.24) is 5.32 Å². The Balaban J connectivity index is 2.22. The van der Waals surface area contributed by atoms with Crippen molar-refractivity contribution >= 4 is 23.2 Å². The second kappa shape index (κ2) is 7.85. The maximum atomic E-state index is 12.4. The zero-order chi connectivity index (χ0) is 18.6. The fourth-order valence-electron chi connectivity index (χ4n) is 2.33. The number of carbonyl (C=O) groups excluding carboxylic acids is 1. The summed E-state index contributed by atoms with van der Waals surface area (Å²) in [5.41, 5.74) is 0.743. The van der Waals surface area contributed by atoms with E-state index in [2.05, 4.69) is 5.32 Å². The molecule has 0 spiro atoms. The highest BCUT2D eigenvalue weighted by Crippen LogP contribution is 2.30. The van der Waals surface area contributed by atoms with E-state index in [1.54, 1.807) is 32.2 Å². The molecule has 0 radical (unpaired) electrons. The molecule has 2 rings (SSSR count). The molecule has 1 atom stereocenters. The molecule has 1 amide bonds. The average molecular weight is 365 g/mol. The zero-order valence-corrected chi connectivity index (χ0v) is 14.7. The minimum atomic E-state index is -0.571. The van der Waals surface area contributed by atoms with Crippen molar-refractivity contribution in [2.45, 2.75) is 13.0 Å². The number of benzene rings is 2. The predicted molar refractivity (Wildman–Crippen MR) is 93.5 cm³/mol. The van der Waals surface area contributed by atoms with Gasteiger partial charge in [0.25, 0.3) is 11.6 Å². The monoisotopic (exact) mass is 364 g/mol. The molecule has 2 aromatic carbocycles. The van der Waals surface area contributed by atoms with E-state index in [1.165, 1.54) is 19.2 Å². The van der Waals surface area contributed by atoms with Crippen molar-refractivity contribution in [2.75, 3.05) is 14.2 Å². The van der Waals surface area contributed by atoms with Gasteiger partial charge in [-0.05, 0) is 25.1 Å². The molecule has 7 nitrogen and oxygen atoms in total. The number of rotatable bonds is 6. The lowest BCUT2D eigenvalue weighted by Gasteiger charge is -2.18. The van der Waals surface area contributed by atoms with Gasteiger partial charge in [-0.25, -0.2) is 0 Å². The molecule has 132 valence electrons. The van der Waals surface area contributed by atoms with Gasteiger partial charge >= 0.3 is 0 Å². The minimum absolute atomic E-state index is 0.0144. The number of hydrogen-bond donors (Lipinski definition) is 1. The number of ether oxygens (including phenoxy) is 2. The van der Waals surface area contributed by atoms with Crippen molar-refractivity contribution < 1.29 is 19.2 Å². The summed E-state index contributed by atoms with van der Waals surface area (Å²) in [7, 11) is 3.08. The van der Waals surface area contributed by atoms with Crippen LogP contribution in [0, 0.1) is 10.1 Å². The van der Waals surface area contributed by atoms with Gasteiger partial charge < -0.3 is 14.8 Å². The number of methoxy groups -OCH3 is 2. The topological polar surface area (TPSA) is 90.7 Å². The van der Waals surface area contributed by atoms with E-state index in [9.17, 15) is 14.9 Å². The number of nitro benzene ring substituents is 1. The predicted octanol–water partition coefficient (Wildman–Crippen LogP) is 3.76. The van der Waals surface area contributed by atoms with Crippen molar-refractivity contribution in [1.29, 1.82) is 0 Å². The first kappa shape index (κ1) is 18.5. The number of carbonyl (C=O) groups is 1. The SMILES string of the molecule is COc1ccc(C(C)NC(=O)c2ccc([N+](=O)[O-])cc2Cl)c(OC)c1. The Hall–Kier alpha value is -2.80. The third kappa shape index (κ3) is 4.19. The third-order valence-corrected chi connectivity index (χ3v) is 3.98. The lowest BCUT2D eigenvalue weighted by atomic mass is 10.1. The molecule has 0 bridgehead atoms. The van der Waals surface area contributed by atoms with Crippen LogP contribution in [0.25, 0.3) is 0 Å². The molecule has 2 aromatic rings. The van der Waals surface area contributed by atoms with E-state index in [4.69, 9.17) is 21.1 Å². The van der Waals surface area contributed by atoms with Crippen LogP contribution in [-0.2, 0) is 0 Å². The Kier molecular flexibility index (Phi) is 5.82. The summed E-state index contributed by atoms with van der Waals surface area (Å²) < 4.78 is 10.5. The number of non-ortho nitro benzene ring substituents is 1. The molecular weight excluding hydrogens is 348 g/mol. The molecule has 0 saturated carbocycles. The third-order valence-electron chi connectivity index (χ3n) is 3.66. The van der Waals surface area contributed by atoms with Crippen molar-refractivity contribution in [3.63, 3.8) is 0 Å². The van der Waals surface area contributed by atoms with Crippen LogP contribution in [0.4, 0.5) is 5.69 Å². The maximum absolute atomic E-state index is 12.4. The molecule has 0 aromatic heterocycles. The summed E-state index contributed by atoms with van der Waals surface area (Å²) in [4.78, 5) is 22.6. The van der Waals surface area contributed by atoms with Gasteiger partial charge in [-0.2, -0.15) is 0 Å². The van der Waals surface area contributed by atoms with E-state index in [-0.39, 0.29) is 22.3 Å². The summed E-state index contributed by atoms with van der Waals surface area (Å²) in [6.45, 7) is 1.79. The van der Waals surface area contributed by atoms with Crippen LogP contribution in [0.1, 0.15) is 28.9 Å². The smallest absolute Gasteiger partial charge is 0.270 e. The van der Waals surface area contributed by atoms with Crippen LogP contribution in [0.5, 0.6) is 11.5 Å². The van der Waals surface area contributed by atoms with Gasteiger partial charge in [-0.15, -0.1) is 0 Å². The molecule has 8 heteroatoms. The minimum Gasteiger partial charge on any atom is -0.497 e. The van der Waals surface area contributed by atoms with Crippen molar-refractivity contribution in [3.8, 4) is 11.5 Å². The lowest BCUT2D eigenvalue weighted by Crippen LogP contribution is -2.27. The zero-order valence-electron chi connectivity index (χ0n) is 13.9. The molecule has 0 saturated heterocycles. The highest BCUT2D eigenvalue weighted by atomic mass is 35.5. The van der Waals surface area contributed by atoms with Gasteiger partial charge in [0.1, 0.15) is 11.5 Å². The van der Waals surface area contributed by atoms with Crippen LogP contribution < -0.4 is 14.8 Å². The van der Waals surface area contributed by atoms with Gasteiger partial charge in [-0.1, -0.05) is 11.6 Å².